The lowest BCUT2D eigenvalue weighted by Gasteiger charge is -2.14. The molecule has 4 aromatic rings. The van der Waals surface area contributed by atoms with Gasteiger partial charge in [-0.25, -0.2) is 4.98 Å². The quantitative estimate of drug-likeness (QED) is 0.186. The number of hydrogen-bond donors (Lipinski definition) is 1. The number of hydroxylamine groups is 1. The van der Waals surface area contributed by atoms with Crippen molar-refractivity contribution in [1.29, 1.82) is 0 Å². The van der Waals surface area contributed by atoms with Crippen molar-refractivity contribution < 1.29 is 28.3 Å². The molecular formula is C30H30N2O6. The summed E-state index contributed by atoms with van der Waals surface area (Å²) in [6.45, 7) is 2.36. The van der Waals surface area contributed by atoms with E-state index in [0.717, 1.165) is 22.4 Å². The van der Waals surface area contributed by atoms with Crippen LogP contribution < -0.4 is 15.0 Å². The Hall–Kier alpha value is -4.56. The van der Waals surface area contributed by atoms with Gasteiger partial charge >= 0.3 is 5.97 Å². The predicted molar refractivity (Wildman–Crippen MR) is 143 cm³/mol. The number of oxazole rings is 1. The topological polar surface area (TPSA) is 92.1 Å². The highest BCUT2D eigenvalue weighted by Gasteiger charge is 2.14. The van der Waals surface area contributed by atoms with Crippen LogP contribution in [0.3, 0.4) is 0 Å². The molecule has 8 nitrogen and oxygen atoms in total. The minimum Gasteiger partial charge on any atom is -0.493 e. The van der Waals surface area contributed by atoms with Crippen molar-refractivity contribution in [3.8, 4) is 23.0 Å². The Morgan fingerprint density at radius 3 is 2.39 bits per heavy atom. The molecule has 0 atom stereocenters. The van der Waals surface area contributed by atoms with Gasteiger partial charge in [-0.2, -0.15) is 0 Å². The van der Waals surface area contributed by atoms with E-state index in [2.05, 4.69) is 10.5 Å². The standard InChI is InChI=1S/C30H30N2O6/c1-21-26(31-30(38-21)24-12-8-5-9-13-24)20-36-27-16-14-22(18-28(27)34-2)19-37-32-25(15-17-29(33)35-3)23-10-6-4-7-11-23/h4-16,18,32H,17,19-20H2,1-3H3. The minimum atomic E-state index is -0.336. The Morgan fingerprint density at radius 2 is 1.68 bits per heavy atom. The number of esters is 1. The Bertz CT molecular complexity index is 1370. The fourth-order valence-electron chi connectivity index (χ4n) is 3.64. The number of aromatic nitrogens is 1. The lowest BCUT2D eigenvalue weighted by atomic mass is 10.1. The van der Waals surface area contributed by atoms with Gasteiger partial charge < -0.3 is 18.6 Å². The Balaban J connectivity index is 1.38. The molecular weight excluding hydrogens is 484 g/mol. The maximum atomic E-state index is 11.6. The molecule has 1 N–H and O–H groups in total. The first-order valence-corrected chi connectivity index (χ1v) is 12.1. The largest absolute Gasteiger partial charge is 0.493 e. The van der Waals surface area contributed by atoms with E-state index in [1.54, 1.807) is 13.2 Å². The second-order valence-electron chi connectivity index (χ2n) is 8.32. The number of methoxy groups -OCH3 is 2. The summed E-state index contributed by atoms with van der Waals surface area (Å²) in [5, 5.41) is 0. The van der Waals surface area contributed by atoms with Crippen molar-refractivity contribution in [1.82, 2.24) is 10.5 Å². The Morgan fingerprint density at radius 1 is 0.947 bits per heavy atom. The van der Waals surface area contributed by atoms with Crippen molar-refractivity contribution in [2.45, 2.75) is 26.6 Å². The van der Waals surface area contributed by atoms with Crippen LogP contribution in [0.5, 0.6) is 11.5 Å². The van der Waals surface area contributed by atoms with Crippen LogP contribution in [0.25, 0.3) is 17.2 Å². The highest BCUT2D eigenvalue weighted by molar-refractivity contribution is 5.74. The van der Waals surface area contributed by atoms with Gasteiger partial charge in [-0.05, 0) is 48.4 Å². The van der Waals surface area contributed by atoms with Crippen LogP contribution in [0, 0.1) is 6.92 Å². The average molecular weight is 515 g/mol. The molecule has 0 radical (unpaired) electrons. The molecule has 1 aromatic heterocycles. The van der Waals surface area contributed by atoms with Crippen LogP contribution in [0.2, 0.25) is 0 Å². The monoisotopic (exact) mass is 514 g/mol. The van der Waals surface area contributed by atoms with Crippen LogP contribution in [0.15, 0.2) is 89.4 Å². The maximum Gasteiger partial charge on any atom is 0.309 e. The number of nitrogens with zero attached hydrogens (tertiary/aromatic N) is 1. The molecule has 1 heterocycles. The molecule has 38 heavy (non-hydrogen) atoms. The summed E-state index contributed by atoms with van der Waals surface area (Å²) < 4.78 is 22.1. The minimum absolute atomic E-state index is 0.120. The van der Waals surface area contributed by atoms with Gasteiger partial charge in [0.1, 0.15) is 18.1 Å². The maximum absolute atomic E-state index is 11.6. The zero-order valence-corrected chi connectivity index (χ0v) is 21.6. The van der Waals surface area contributed by atoms with E-state index in [9.17, 15) is 4.79 Å². The van der Waals surface area contributed by atoms with E-state index in [4.69, 9.17) is 23.5 Å². The van der Waals surface area contributed by atoms with Crippen LogP contribution in [0.4, 0.5) is 0 Å². The number of nitrogens with one attached hydrogen (secondary N) is 1. The highest BCUT2D eigenvalue weighted by atomic mass is 16.6. The van der Waals surface area contributed by atoms with Crippen LogP contribution in [0.1, 0.15) is 29.0 Å². The van der Waals surface area contributed by atoms with Gasteiger partial charge in [0.05, 0.1) is 32.9 Å². The van der Waals surface area contributed by atoms with Crippen molar-refractivity contribution in [2.75, 3.05) is 14.2 Å². The molecule has 0 saturated carbocycles. The lowest BCUT2D eigenvalue weighted by molar-refractivity contribution is -0.139. The third kappa shape index (κ3) is 7.02. The van der Waals surface area contributed by atoms with E-state index >= 15 is 0 Å². The van der Waals surface area contributed by atoms with Crippen molar-refractivity contribution >= 4 is 11.7 Å². The number of benzene rings is 3. The second kappa shape index (κ2) is 13.1. The molecule has 8 heteroatoms. The zero-order valence-electron chi connectivity index (χ0n) is 21.6. The summed E-state index contributed by atoms with van der Waals surface area (Å²) in [7, 11) is 2.95. The number of ether oxygens (including phenoxy) is 3. The van der Waals surface area contributed by atoms with Crippen molar-refractivity contribution in [2.24, 2.45) is 0 Å². The molecule has 0 bridgehead atoms. The molecule has 4 rings (SSSR count). The third-order valence-electron chi connectivity index (χ3n) is 5.71. The SMILES string of the molecule is COC(=O)CC=C(NOCc1ccc(OCc2nc(-c3ccccc3)oc2C)c(OC)c1)c1ccccc1. The van der Waals surface area contributed by atoms with Gasteiger partial charge in [0.2, 0.25) is 5.89 Å². The number of rotatable bonds is 12. The Kier molecular flexibility index (Phi) is 9.15. The fraction of sp³-hybridized carbons (Fsp3) is 0.200. The van der Waals surface area contributed by atoms with E-state index in [1.807, 2.05) is 85.8 Å². The van der Waals surface area contributed by atoms with Crippen molar-refractivity contribution in [3.05, 3.63) is 108 Å². The number of carbonyl (C=O) groups excluding carboxylic acids is 1. The predicted octanol–water partition coefficient (Wildman–Crippen LogP) is 5.86. The molecule has 0 aliphatic carbocycles. The molecule has 0 fully saturated rings. The first-order chi connectivity index (χ1) is 18.6. The highest BCUT2D eigenvalue weighted by Crippen LogP contribution is 2.30. The van der Waals surface area contributed by atoms with Gasteiger partial charge in [0, 0.05) is 5.56 Å². The number of hydrogen-bond acceptors (Lipinski definition) is 8. The Labute approximate surface area is 221 Å². The molecule has 0 amide bonds. The molecule has 0 spiro atoms. The number of aryl methyl sites for hydroxylation is 1. The third-order valence-corrected chi connectivity index (χ3v) is 5.71. The summed E-state index contributed by atoms with van der Waals surface area (Å²) in [5.41, 5.74) is 6.99. The van der Waals surface area contributed by atoms with Crippen LogP contribution in [-0.4, -0.2) is 25.2 Å². The number of carbonyl (C=O) groups is 1. The summed E-state index contributed by atoms with van der Waals surface area (Å²) in [5.74, 6) is 2.08. The summed E-state index contributed by atoms with van der Waals surface area (Å²) in [6, 6.07) is 24.9. The van der Waals surface area contributed by atoms with E-state index < -0.39 is 0 Å². The van der Waals surface area contributed by atoms with Crippen LogP contribution >= 0.6 is 0 Å². The summed E-state index contributed by atoms with van der Waals surface area (Å²) >= 11 is 0. The van der Waals surface area contributed by atoms with E-state index in [1.165, 1.54) is 7.11 Å². The summed E-state index contributed by atoms with van der Waals surface area (Å²) in [4.78, 5) is 21.9. The first kappa shape index (κ1) is 26.5. The molecule has 0 saturated heterocycles. The first-order valence-electron chi connectivity index (χ1n) is 12.1. The van der Waals surface area contributed by atoms with Crippen LogP contribution in [-0.2, 0) is 27.6 Å². The second-order valence-corrected chi connectivity index (χ2v) is 8.32. The summed E-state index contributed by atoms with van der Waals surface area (Å²) in [6.07, 6.45) is 1.85. The van der Waals surface area contributed by atoms with Gasteiger partial charge in [0.25, 0.3) is 0 Å². The molecule has 196 valence electrons. The molecule has 0 aliphatic heterocycles. The fourth-order valence-corrected chi connectivity index (χ4v) is 3.64. The smallest absolute Gasteiger partial charge is 0.309 e. The average Bonchev–Trinajstić information content (AvgIpc) is 3.34. The van der Waals surface area contributed by atoms with E-state index in [-0.39, 0.29) is 25.6 Å². The van der Waals surface area contributed by atoms with E-state index in [0.29, 0.717) is 28.8 Å². The normalized spacial score (nSPS) is 11.2. The molecule has 3 aromatic carbocycles. The van der Waals surface area contributed by atoms with Gasteiger partial charge in [0.15, 0.2) is 11.5 Å². The lowest BCUT2D eigenvalue weighted by Crippen LogP contribution is -2.14. The molecule has 0 unspecified atom stereocenters. The van der Waals surface area contributed by atoms with Gasteiger partial charge in [-0.15, -0.1) is 0 Å². The van der Waals surface area contributed by atoms with Gasteiger partial charge in [-0.1, -0.05) is 54.6 Å². The zero-order chi connectivity index (χ0) is 26.7. The van der Waals surface area contributed by atoms with Gasteiger partial charge in [-0.3, -0.25) is 15.1 Å². The molecule has 0 aliphatic rings. The van der Waals surface area contributed by atoms with Crippen molar-refractivity contribution in [3.63, 3.8) is 0 Å².